The van der Waals surface area contributed by atoms with Gasteiger partial charge in [-0.2, -0.15) is 0 Å². The van der Waals surface area contributed by atoms with E-state index in [2.05, 4.69) is 24.7 Å². The molecule has 0 fully saturated rings. The number of nitrogen functional groups attached to an aromatic ring is 1. The minimum Gasteiger partial charge on any atom is -0.465 e. The highest BCUT2D eigenvalue weighted by atomic mass is 32.2. The zero-order valence-electron chi connectivity index (χ0n) is 15.6. The van der Waals surface area contributed by atoms with E-state index in [-0.39, 0.29) is 29.3 Å². The molecule has 0 aliphatic carbocycles. The van der Waals surface area contributed by atoms with Gasteiger partial charge in [0.25, 0.3) is 5.56 Å². The van der Waals surface area contributed by atoms with Crippen molar-refractivity contribution in [3.8, 4) is 0 Å². The van der Waals surface area contributed by atoms with Crippen LogP contribution in [0.1, 0.15) is 33.5 Å². The Kier molecular flexibility index (Phi) is 6.07. The Balaban J connectivity index is 1.81. The number of ether oxygens (including phenoxy) is 2. The number of thioether (sulfide) groups is 1. The molecular formula is C18H17N5O5S. The van der Waals surface area contributed by atoms with E-state index >= 15 is 0 Å². The molecule has 3 rings (SSSR count). The van der Waals surface area contributed by atoms with Gasteiger partial charge in [-0.15, -0.1) is 0 Å². The molecule has 3 aromatic rings. The van der Waals surface area contributed by atoms with Crippen LogP contribution in [0.3, 0.4) is 0 Å². The number of methoxy groups -OCH3 is 1. The van der Waals surface area contributed by atoms with Gasteiger partial charge in [-0.25, -0.2) is 24.5 Å². The zero-order valence-corrected chi connectivity index (χ0v) is 16.4. The quantitative estimate of drug-likeness (QED) is 0.345. The first-order valence-electron chi connectivity index (χ1n) is 8.46. The molecular weight excluding hydrogens is 398 g/mol. The lowest BCUT2D eigenvalue weighted by Crippen LogP contribution is -2.13. The van der Waals surface area contributed by atoms with E-state index in [1.807, 2.05) is 0 Å². The number of nitrogens with two attached hydrogens (primary N) is 1. The molecule has 2 heterocycles. The Bertz CT molecular complexity index is 1150. The number of carbonyl (C=O) groups is 2. The van der Waals surface area contributed by atoms with E-state index in [0.717, 1.165) is 0 Å². The third-order valence-electron chi connectivity index (χ3n) is 3.81. The van der Waals surface area contributed by atoms with Crippen LogP contribution >= 0.6 is 11.8 Å². The number of fused-ring (bicyclic) bond motifs is 1. The van der Waals surface area contributed by atoms with Gasteiger partial charge in [-0.05, 0) is 25.1 Å². The number of hydrogen-bond donors (Lipinski definition) is 2. The summed E-state index contributed by atoms with van der Waals surface area (Å²) in [6.45, 7) is 1.90. The predicted octanol–water partition coefficient (Wildman–Crippen LogP) is 1.55. The topological polar surface area (TPSA) is 150 Å². The molecule has 0 aliphatic heterocycles. The van der Waals surface area contributed by atoms with Crippen molar-refractivity contribution in [3.05, 3.63) is 51.7 Å². The highest BCUT2D eigenvalue weighted by Crippen LogP contribution is 2.20. The van der Waals surface area contributed by atoms with Gasteiger partial charge < -0.3 is 20.2 Å². The standard InChI is InChI=1S/C18H17N5O5S/c1-3-28-17(26)11-7-20-18(23-14(11)19)29-8-13-21-12-6-9(16(25)27-2)4-5-10(12)15(24)22-13/h4-7H,3,8H2,1-2H3,(H2,19,20,23)(H,21,22,24). The molecule has 0 radical (unpaired) electrons. The van der Waals surface area contributed by atoms with Crippen LogP contribution in [-0.4, -0.2) is 45.6 Å². The van der Waals surface area contributed by atoms with Crippen molar-refractivity contribution in [3.63, 3.8) is 0 Å². The van der Waals surface area contributed by atoms with E-state index < -0.39 is 11.9 Å². The van der Waals surface area contributed by atoms with Crippen molar-refractivity contribution in [2.45, 2.75) is 17.8 Å². The number of hydrogen-bond acceptors (Lipinski definition) is 10. The average molecular weight is 415 g/mol. The lowest BCUT2D eigenvalue weighted by atomic mass is 10.1. The maximum atomic E-state index is 12.3. The molecule has 0 unspecified atom stereocenters. The maximum Gasteiger partial charge on any atom is 0.343 e. The Hall–Kier alpha value is -3.47. The molecule has 3 N–H and O–H groups in total. The monoisotopic (exact) mass is 415 g/mol. The number of aromatic amines is 1. The highest BCUT2D eigenvalue weighted by molar-refractivity contribution is 7.98. The number of nitrogens with one attached hydrogen (secondary N) is 1. The summed E-state index contributed by atoms with van der Waals surface area (Å²) in [5.41, 5.74) is 6.21. The van der Waals surface area contributed by atoms with Crippen molar-refractivity contribution in [2.75, 3.05) is 19.5 Å². The summed E-state index contributed by atoms with van der Waals surface area (Å²) in [5.74, 6) is -0.500. The maximum absolute atomic E-state index is 12.3. The number of H-pyrrole nitrogens is 1. The van der Waals surface area contributed by atoms with E-state index in [0.29, 0.717) is 27.4 Å². The largest absolute Gasteiger partial charge is 0.465 e. The minimum absolute atomic E-state index is 0.00336. The second-order valence-corrected chi connectivity index (χ2v) is 6.64. The fraction of sp³-hybridized carbons (Fsp3) is 0.222. The van der Waals surface area contributed by atoms with Gasteiger partial charge in [0.05, 0.1) is 35.9 Å². The molecule has 11 heteroatoms. The number of carbonyl (C=O) groups excluding carboxylic acids is 2. The molecule has 0 atom stereocenters. The van der Waals surface area contributed by atoms with Crippen molar-refractivity contribution in [1.29, 1.82) is 0 Å². The third kappa shape index (κ3) is 4.51. The van der Waals surface area contributed by atoms with Crippen LogP contribution in [0.4, 0.5) is 5.82 Å². The first-order valence-corrected chi connectivity index (χ1v) is 9.45. The van der Waals surface area contributed by atoms with Crippen molar-refractivity contribution >= 4 is 40.4 Å². The van der Waals surface area contributed by atoms with Crippen molar-refractivity contribution < 1.29 is 19.1 Å². The van der Waals surface area contributed by atoms with Gasteiger partial charge in [-0.3, -0.25) is 4.79 Å². The predicted molar refractivity (Wildman–Crippen MR) is 106 cm³/mol. The molecule has 0 saturated heterocycles. The van der Waals surface area contributed by atoms with Crippen molar-refractivity contribution in [1.82, 2.24) is 19.9 Å². The van der Waals surface area contributed by atoms with Crippen LogP contribution in [0.5, 0.6) is 0 Å². The Morgan fingerprint density at radius 1 is 1.24 bits per heavy atom. The van der Waals surface area contributed by atoms with Gasteiger partial charge in [0.15, 0.2) is 5.16 Å². The average Bonchev–Trinajstić information content (AvgIpc) is 2.71. The smallest absolute Gasteiger partial charge is 0.343 e. The van der Waals surface area contributed by atoms with E-state index in [4.69, 9.17) is 10.5 Å². The first kappa shape index (κ1) is 20.3. The van der Waals surface area contributed by atoms with E-state index in [1.165, 1.54) is 43.3 Å². The molecule has 29 heavy (non-hydrogen) atoms. The van der Waals surface area contributed by atoms with Crippen LogP contribution in [0.15, 0.2) is 34.3 Å². The number of nitrogens with zero attached hydrogens (tertiary/aromatic N) is 3. The summed E-state index contributed by atoms with van der Waals surface area (Å²) in [6.07, 6.45) is 1.29. The Morgan fingerprint density at radius 2 is 2.03 bits per heavy atom. The minimum atomic E-state index is -0.594. The molecule has 0 aliphatic rings. The Morgan fingerprint density at radius 3 is 2.72 bits per heavy atom. The molecule has 0 saturated carbocycles. The molecule has 0 bridgehead atoms. The number of anilines is 1. The summed E-state index contributed by atoms with van der Waals surface area (Å²) in [7, 11) is 1.28. The second kappa shape index (κ2) is 8.69. The SMILES string of the molecule is CCOC(=O)c1cnc(SCc2nc3cc(C(=O)OC)ccc3c(=O)[nH]2)nc1N. The lowest BCUT2D eigenvalue weighted by molar-refractivity contribution is 0.0525. The van der Waals surface area contributed by atoms with Gasteiger partial charge >= 0.3 is 11.9 Å². The molecule has 10 nitrogen and oxygen atoms in total. The van der Waals surface area contributed by atoms with Gasteiger partial charge in [-0.1, -0.05) is 11.8 Å². The van der Waals surface area contributed by atoms with Gasteiger partial charge in [0.1, 0.15) is 17.2 Å². The van der Waals surface area contributed by atoms with Crippen LogP contribution in [0.2, 0.25) is 0 Å². The van der Waals surface area contributed by atoms with E-state index in [1.54, 1.807) is 6.92 Å². The zero-order chi connectivity index (χ0) is 21.0. The van der Waals surface area contributed by atoms with Gasteiger partial charge in [0, 0.05) is 6.20 Å². The number of rotatable bonds is 6. The molecule has 2 aromatic heterocycles. The number of esters is 2. The van der Waals surface area contributed by atoms with E-state index in [9.17, 15) is 14.4 Å². The molecule has 1 aromatic carbocycles. The highest BCUT2D eigenvalue weighted by Gasteiger charge is 2.15. The van der Waals surface area contributed by atoms with Crippen LogP contribution in [0, 0.1) is 0 Å². The molecule has 0 amide bonds. The molecule has 150 valence electrons. The first-order chi connectivity index (χ1) is 13.9. The Labute approximate surface area is 168 Å². The van der Waals surface area contributed by atoms with Crippen molar-refractivity contribution in [2.24, 2.45) is 0 Å². The van der Waals surface area contributed by atoms with Gasteiger partial charge in [0.2, 0.25) is 0 Å². The van der Waals surface area contributed by atoms with Crippen LogP contribution < -0.4 is 11.3 Å². The summed E-state index contributed by atoms with van der Waals surface area (Å²) in [4.78, 5) is 50.9. The number of benzene rings is 1. The normalized spacial score (nSPS) is 10.7. The fourth-order valence-corrected chi connectivity index (χ4v) is 3.14. The third-order valence-corrected chi connectivity index (χ3v) is 4.68. The van der Waals surface area contributed by atoms with Crippen LogP contribution in [-0.2, 0) is 15.2 Å². The lowest BCUT2D eigenvalue weighted by Gasteiger charge is -2.06. The summed E-state index contributed by atoms with van der Waals surface area (Å²) < 4.78 is 9.56. The number of aromatic nitrogens is 4. The van der Waals surface area contributed by atoms with Crippen LogP contribution in [0.25, 0.3) is 10.9 Å². The summed E-state index contributed by atoms with van der Waals surface area (Å²) in [5, 5.41) is 0.660. The summed E-state index contributed by atoms with van der Waals surface area (Å²) in [6, 6.07) is 4.51. The summed E-state index contributed by atoms with van der Waals surface area (Å²) >= 11 is 1.18. The molecule has 0 spiro atoms. The second-order valence-electron chi connectivity index (χ2n) is 5.70. The fourth-order valence-electron chi connectivity index (χ4n) is 2.45.